The molecule has 1 rings (SSSR count). The summed E-state index contributed by atoms with van der Waals surface area (Å²) >= 11 is 3.07. The second kappa shape index (κ2) is 9.96. The van der Waals surface area contributed by atoms with E-state index in [9.17, 15) is 9.59 Å². The lowest BCUT2D eigenvalue weighted by molar-refractivity contribution is 0.0953. The molecule has 0 bridgehead atoms. The number of halogens is 2. The fourth-order valence-corrected chi connectivity index (χ4v) is 1.61. The van der Waals surface area contributed by atoms with Gasteiger partial charge in [0, 0.05) is 32.9 Å². The van der Waals surface area contributed by atoms with E-state index < -0.39 is 0 Å². The van der Waals surface area contributed by atoms with E-state index in [0.29, 0.717) is 29.7 Å². The van der Waals surface area contributed by atoms with Gasteiger partial charge in [-0.1, -0.05) is 0 Å². The smallest absolute Gasteiger partial charge is 0.262 e. The van der Waals surface area contributed by atoms with Crippen molar-refractivity contribution in [2.24, 2.45) is 0 Å². The molecule has 0 aliphatic carbocycles. The Hall–Kier alpha value is -0.890. The largest absolute Gasteiger partial charge is 0.383 e. The minimum atomic E-state index is -0.257. The summed E-state index contributed by atoms with van der Waals surface area (Å²) in [5.74, 6) is -0.222. The van der Waals surface area contributed by atoms with Crippen LogP contribution in [0.25, 0.3) is 0 Å². The van der Waals surface area contributed by atoms with Gasteiger partial charge in [-0.25, -0.2) is 0 Å². The average Bonchev–Trinajstić information content (AvgIpc) is 2.36. The van der Waals surface area contributed by atoms with E-state index in [0.717, 1.165) is 6.54 Å². The van der Waals surface area contributed by atoms with Crippen molar-refractivity contribution in [3.63, 3.8) is 0 Å². The lowest BCUT2D eigenvalue weighted by Crippen LogP contribution is -2.33. The Morgan fingerprint density at radius 1 is 1.42 bits per heavy atom. The second-order valence-electron chi connectivity index (χ2n) is 3.56. The molecule has 8 heteroatoms. The van der Waals surface area contributed by atoms with E-state index in [1.807, 2.05) is 0 Å². The molecular weight excluding hydrogens is 337 g/mol. The number of ether oxygens (including phenoxy) is 1. The quantitative estimate of drug-likeness (QED) is 0.624. The molecule has 0 unspecified atom stereocenters. The standard InChI is InChI=1S/C11H16BrN3O3.ClH/c1-18-5-4-13-2-3-14-10(16)8-6-9(12)11(17)15-7-8;/h6-7,13H,2-5H2,1H3,(H,14,16)(H,15,17);1H. The third kappa shape index (κ3) is 6.72. The summed E-state index contributed by atoms with van der Waals surface area (Å²) in [6.45, 7) is 2.57. The predicted molar refractivity (Wildman–Crippen MR) is 79.1 cm³/mol. The Bertz CT molecular complexity index is 453. The van der Waals surface area contributed by atoms with Crippen molar-refractivity contribution in [3.8, 4) is 0 Å². The van der Waals surface area contributed by atoms with E-state index in [1.54, 1.807) is 7.11 Å². The number of methoxy groups -OCH3 is 1. The monoisotopic (exact) mass is 353 g/mol. The molecule has 19 heavy (non-hydrogen) atoms. The molecule has 0 fully saturated rings. The number of hydrogen-bond acceptors (Lipinski definition) is 4. The first kappa shape index (κ1) is 18.1. The number of carbonyl (C=O) groups is 1. The molecule has 1 heterocycles. The van der Waals surface area contributed by atoms with Gasteiger partial charge in [-0.2, -0.15) is 0 Å². The van der Waals surface area contributed by atoms with Crippen molar-refractivity contribution in [2.45, 2.75) is 0 Å². The number of carbonyl (C=O) groups excluding carboxylic acids is 1. The van der Waals surface area contributed by atoms with Crippen LogP contribution < -0.4 is 16.2 Å². The number of rotatable bonds is 7. The highest BCUT2D eigenvalue weighted by Gasteiger charge is 2.06. The van der Waals surface area contributed by atoms with Crippen LogP contribution in [0.15, 0.2) is 21.5 Å². The Morgan fingerprint density at radius 3 is 2.79 bits per heavy atom. The van der Waals surface area contributed by atoms with Crippen molar-refractivity contribution in [2.75, 3.05) is 33.4 Å². The molecular formula is C11H17BrClN3O3. The predicted octanol–water partition coefficient (Wildman–Crippen LogP) is 0.525. The molecule has 0 saturated heterocycles. The molecule has 1 aromatic rings. The van der Waals surface area contributed by atoms with Crippen LogP contribution in [-0.2, 0) is 4.74 Å². The van der Waals surface area contributed by atoms with Gasteiger partial charge in [0.15, 0.2) is 0 Å². The van der Waals surface area contributed by atoms with Gasteiger partial charge in [-0.15, -0.1) is 12.4 Å². The van der Waals surface area contributed by atoms with Gasteiger partial charge in [0.1, 0.15) is 0 Å². The fourth-order valence-electron chi connectivity index (χ4n) is 1.25. The molecule has 0 spiro atoms. The minimum Gasteiger partial charge on any atom is -0.383 e. The highest BCUT2D eigenvalue weighted by atomic mass is 79.9. The molecule has 0 aromatic carbocycles. The van der Waals surface area contributed by atoms with Crippen LogP contribution in [0.5, 0.6) is 0 Å². The van der Waals surface area contributed by atoms with E-state index in [2.05, 4.69) is 31.5 Å². The highest BCUT2D eigenvalue weighted by molar-refractivity contribution is 9.10. The summed E-state index contributed by atoms with van der Waals surface area (Å²) in [6.07, 6.45) is 1.39. The first-order valence-corrected chi connectivity index (χ1v) is 6.30. The van der Waals surface area contributed by atoms with E-state index in [1.165, 1.54) is 12.3 Å². The molecule has 6 nitrogen and oxygen atoms in total. The molecule has 3 N–H and O–H groups in total. The maximum Gasteiger partial charge on any atom is 0.262 e. The highest BCUT2D eigenvalue weighted by Crippen LogP contribution is 2.04. The molecule has 0 atom stereocenters. The van der Waals surface area contributed by atoms with Gasteiger partial charge in [0.05, 0.1) is 16.6 Å². The van der Waals surface area contributed by atoms with Crippen molar-refractivity contribution in [3.05, 3.63) is 32.7 Å². The Labute approximate surface area is 125 Å². The molecule has 0 saturated carbocycles. The van der Waals surface area contributed by atoms with E-state index in [-0.39, 0.29) is 23.9 Å². The Balaban J connectivity index is 0.00000324. The van der Waals surface area contributed by atoms with Crippen LogP contribution >= 0.6 is 28.3 Å². The number of amides is 1. The molecule has 0 aliphatic heterocycles. The topological polar surface area (TPSA) is 83.2 Å². The van der Waals surface area contributed by atoms with Crippen LogP contribution in [0.3, 0.4) is 0 Å². The van der Waals surface area contributed by atoms with Gasteiger partial charge >= 0.3 is 0 Å². The molecule has 108 valence electrons. The maximum atomic E-state index is 11.7. The normalized spacial score (nSPS) is 9.79. The van der Waals surface area contributed by atoms with Gasteiger partial charge in [0.2, 0.25) is 0 Å². The molecule has 1 amide bonds. The van der Waals surface area contributed by atoms with Gasteiger partial charge in [-0.05, 0) is 22.0 Å². The average molecular weight is 355 g/mol. The maximum absolute atomic E-state index is 11.7. The lowest BCUT2D eigenvalue weighted by atomic mass is 10.2. The fraction of sp³-hybridized carbons (Fsp3) is 0.455. The minimum absolute atomic E-state index is 0. The van der Waals surface area contributed by atoms with Crippen LogP contribution in [-0.4, -0.2) is 44.2 Å². The molecule has 0 radical (unpaired) electrons. The summed E-state index contributed by atoms with van der Waals surface area (Å²) in [7, 11) is 1.64. The number of hydrogen-bond donors (Lipinski definition) is 3. The van der Waals surface area contributed by atoms with E-state index in [4.69, 9.17) is 4.74 Å². The summed E-state index contributed by atoms with van der Waals surface area (Å²) in [4.78, 5) is 25.3. The molecule has 0 aliphatic rings. The molecule has 1 aromatic heterocycles. The van der Waals surface area contributed by atoms with Gasteiger partial charge in [0.25, 0.3) is 11.5 Å². The van der Waals surface area contributed by atoms with E-state index >= 15 is 0 Å². The number of pyridine rings is 1. The van der Waals surface area contributed by atoms with Gasteiger partial charge in [-0.3, -0.25) is 9.59 Å². The third-order valence-electron chi connectivity index (χ3n) is 2.19. The van der Waals surface area contributed by atoms with Crippen molar-refractivity contribution < 1.29 is 9.53 Å². The summed E-state index contributed by atoms with van der Waals surface area (Å²) < 4.78 is 5.22. The zero-order chi connectivity index (χ0) is 13.4. The Kier molecular flexibility index (Phi) is 9.50. The van der Waals surface area contributed by atoms with Crippen molar-refractivity contribution >= 4 is 34.2 Å². The summed E-state index contributed by atoms with van der Waals surface area (Å²) in [5.41, 5.74) is 0.158. The first-order chi connectivity index (χ1) is 8.65. The number of aromatic nitrogens is 1. The van der Waals surface area contributed by atoms with Gasteiger partial charge < -0.3 is 20.4 Å². The lowest BCUT2D eigenvalue weighted by Gasteiger charge is -2.06. The SMILES string of the molecule is COCCNCCNC(=O)c1c[nH]c(=O)c(Br)c1.Cl. The number of aromatic amines is 1. The van der Waals surface area contributed by atoms with Crippen LogP contribution in [0.1, 0.15) is 10.4 Å². The summed E-state index contributed by atoms with van der Waals surface area (Å²) in [6, 6.07) is 1.49. The number of nitrogens with one attached hydrogen (secondary N) is 3. The van der Waals surface area contributed by atoms with Crippen molar-refractivity contribution in [1.82, 2.24) is 15.6 Å². The number of H-pyrrole nitrogens is 1. The van der Waals surface area contributed by atoms with Crippen LogP contribution in [0, 0.1) is 0 Å². The Morgan fingerprint density at radius 2 is 2.16 bits per heavy atom. The van der Waals surface area contributed by atoms with Crippen molar-refractivity contribution in [1.29, 1.82) is 0 Å². The first-order valence-electron chi connectivity index (χ1n) is 5.51. The van der Waals surface area contributed by atoms with Crippen LogP contribution in [0.2, 0.25) is 0 Å². The third-order valence-corrected chi connectivity index (χ3v) is 2.78. The summed E-state index contributed by atoms with van der Waals surface area (Å²) in [5, 5.41) is 5.84. The zero-order valence-electron chi connectivity index (χ0n) is 10.5. The van der Waals surface area contributed by atoms with Crippen LogP contribution in [0.4, 0.5) is 0 Å². The zero-order valence-corrected chi connectivity index (χ0v) is 12.9. The second-order valence-corrected chi connectivity index (χ2v) is 4.42.